The molecule has 0 fully saturated rings. The number of carbonyl (C=O) groups is 1. The average molecular weight is 189 g/mol. The molecule has 0 aliphatic heterocycles. The first-order chi connectivity index (χ1) is 4.04. The molecule has 1 aliphatic rings. The van der Waals surface area contributed by atoms with Gasteiger partial charge in [-0.2, -0.15) is 0 Å². The number of hydrogen-bond acceptors (Lipinski definition) is 1. The third-order valence-corrected chi connectivity index (χ3v) is 2.31. The Balaban J connectivity index is 2.86. The molecule has 1 rings (SSSR count). The Labute approximate surface area is 63.3 Å². The maximum absolute atomic E-state index is 11.1. The first-order valence-corrected chi connectivity index (χ1v) is 3.74. The normalized spacial score (nSPS) is 24.3. The summed E-state index contributed by atoms with van der Waals surface area (Å²) in [5.41, 5.74) is -0.154. The molecule has 0 radical (unpaired) electrons. The number of hydrogen-bond donors (Lipinski definition) is 0. The molecular formula is C7H9BrO. The van der Waals surface area contributed by atoms with Gasteiger partial charge in [0.15, 0.2) is 5.78 Å². The fraction of sp³-hybridized carbons (Fsp3) is 0.571. The third-order valence-electron chi connectivity index (χ3n) is 1.62. The molecule has 2 heteroatoms. The van der Waals surface area contributed by atoms with Crippen LogP contribution in [-0.4, -0.2) is 5.78 Å². The van der Waals surface area contributed by atoms with E-state index in [4.69, 9.17) is 0 Å². The van der Waals surface area contributed by atoms with E-state index in [2.05, 4.69) is 15.9 Å². The quantitative estimate of drug-likeness (QED) is 0.571. The fourth-order valence-electron chi connectivity index (χ4n) is 0.853. The lowest BCUT2D eigenvalue weighted by atomic mass is 9.90. The molecule has 0 unspecified atom stereocenters. The SMILES string of the molecule is CC1(C)CC=C(Br)C1=O. The summed E-state index contributed by atoms with van der Waals surface area (Å²) in [6.45, 7) is 3.92. The molecule has 0 aromatic heterocycles. The van der Waals surface area contributed by atoms with Gasteiger partial charge >= 0.3 is 0 Å². The van der Waals surface area contributed by atoms with Gasteiger partial charge in [-0.15, -0.1) is 0 Å². The highest BCUT2D eigenvalue weighted by molar-refractivity contribution is 9.12. The van der Waals surface area contributed by atoms with Crippen LogP contribution < -0.4 is 0 Å². The Morgan fingerprint density at radius 3 is 2.33 bits per heavy atom. The molecule has 0 atom stereocenters. The van der Waals surface area contributed by atoms with Crippen molar-refractivity contribution in [3.8, 4) is 0 Å². The maximum Gasteiger partial charge on any atom is 0.175 e. The Bertz CT molecular complexity index is 179. The highest BCUT2D eigenvalue weighted by Crippen LogP contribution is 2.35. The topological polar surface area (TPSA) is 17.1 Å². The minimum Gasteiger partial charge on any atom is -0.293 e. The summed E-state index contributed by atoms with van der Waals surface area (Å²) in [5, 5.41) is 0. The molecule has 0 aromatic rings. The Morgan fingerprint density at radius 1 is 1.67 bits per heavy atom. The summed E-state index contributed by atoms with van der Waals surface area (Å²) in [6, 6.07) is 0. The molecule has 0 spiro atoms. The number of Topliss-reactive ketones (excluding diaryl/α,β-unsaturated/α-hetero) is 1. The molecule has 0 heterocycles. The van der Waals surface area contributed by atoms with Crippen LogP contribution in [0.25, 0.3) is 0 Å². The summed E-state index contributed by atoms with van der Waals surface area (Å²) in [6.07, 6.45) is 2.80. The molecule has 0 bridgehead atoms. The van der Waals surface area contributed by atoms with E-state index < -0.39 is 0 Å². The lowest BCUT2D eigenvalue weighted by Crippen LogP contribution is -2.17. The molecule has 0 saturated heterocycles. The van der Waals surface area contributed by atoms with E-state index in [1.807, 2.05) is 19.9 Å². The van der Waals surface area contributed by atoms with E-state index in [1.165, 1.54) is 0 Å². The first-order valence-electron chi connectivity index (χ1n) is 2.94. The molecule has 0 amide bonds. The van der Waals surface area contributed by atoms with Crippen molar-refractivity contribution in [2.45, 2.75) is 20.3 Å². The van der Waals surface area contributed by atoms with E-state index in [-0.39, 0.29) is 11.2 Å². The van der Waals surface area contributed by atoms with Gasteiger partial charge in [0.25, 0.3) is 0 Å². The van der Waals surface area contributed by atoms with Crippen LogP contribution in [0, 0.1) is 5.41 Å². The van der Waals surface area contributed by atoms with E-state index in [1.54, 1.807) is 0 Å². The van der Waals surface area contributed by atoms with Crippen molar-refractivity contribution >= 4 is 21.7 Å². The molecule has 0 aromatic carbocycles. The Morgan fingerprint density at radius 2 is 2.22 bits per heavy atom. The van der Waals surface area contributed by atoms with Crippen LogP contribution >= 0.6 is 15.9 Å². The molecule has 0 N–H and O–H groups in total. The van der Waals surface area contributed by atoms with E-state index in [9.17, 15) is 4.79 Å². The number of rotatable bonds is 0. The second-order valence-corrected chi connectivity index (χ2v) is 3.82. The lowest BCUT2D eigenvalue weighted by Gasteiger charge is -2.13. The number of ketones is 1. The predicted octanol–water partition coefficient (Wildman–Crippen LogP) is 2.26. The summed E-state index contributed by atoms with van der Waals surface area (Å²) in [7, 11) is 0. The van der Waals surface area contributed by atoms with E-state index >= 15 is 0 Å². The van der Waals surface area contributed by atoms with Gasteiger partial charge in [-0.3, -0.25) is 4.79 Å². The van der Waals surface area contributed by atoms with Crippen LogP contribution in [-0.2, 0) is 4.79 Å². The average Bonchev–Trinajstić information content (AvgIpc) is 1.97. The Kier molecular flexibility index (Phi) is 1.51. The van der Waals surface area contributed by atoms with Gasteiger partial charge in [-0.05, 0) is 22.4 Å². The van der Waals surface area contributed by atoms with Crippen LogP contribution in [0.2, 0.25) is 0 Å². The maximum atomic E-state index is 11.1. The predicted molar refractivity (Wildman–Crippen MR) is 40.4 cm³/mol. The Hall–Kier alpha value is -0.110. The van der Waals surface area contributed by atoms with Crippen LogP contribution in [0.4, 0.5) is 0 Å². The van der Waals surface area contributed by atoms with Crippen molar-refractivity contribution in [1.29, 1.82) is 0 Å². The first kappa shape index (κ1) is 7.00. The zero-order valence-corrected chi connectivity index (χ0v) is 7.16. The van der Waals surface area contributed by atoms with Crippen molar-refractivity contribution < 1.29 is 4.79 Å². The minimum absolute atomic E-state index is 0.154. The molecule has 9 heavy (non-hydrogen) atoms. The summed E-state index contributed by atoms with van der Waals surface area (Å²) < 4.78 is 0.743. The van der Waals surface area contributed by atoms with Gasteiger partial charge in [-0.1, -0.05) is 19.9 Å². The largest absolute Gasteiger partial charge is 0.293 e. The second-order valence-electron chi connectivity index (χ2n) is 2.97. The number of allylic oxidation sites excluding steroid dienone is 2. The van der Waals surface area contributed by atoms with Crippen molar-refractivity contribution in [3.05, 3.63) is 10.6 Å². The highest BCUT2D eigenvalue weighted by atomic mass is 79.9. The van der Waals surface area contributed by atoms with Gasteiger partial charge in [0.2, 0.25) is 0 Å². The molecule has 1 aliphatic carbocycles. The summed E-state index contributed by atoms with van der Waals surface area (Å²) in [5.74, 6) is 0.225. The standard InChI is InChI=1S/C7H9BrO/c1-7(2)4-3-5(8)6(7)9/h3H,4H2,1-2H3. The van der Waals surface area contributed by atoms with Crippen LogP contribution in [0.15, 0.2) is 10.6 Å². The zero-order chi connectivity index (χ0) is 7.07. The van der Waals surface area contributed by atoms with E-state index in [0.29, 0.717) is 0 Å². The van der Waals surface area contributed by atoms with Crippen molar-refractivity contribution in [1.82, 2.24) is 0 Å². The number of carbonyl (C=O) groups excluding carboxylic acids is 1. The van der Waals surface area contributed by atoms with Gasteiger partial charge < -0.3 is 0 Å². The van der Waals surface area contributed by atoms with Gasteiger partial charge in [0.05, 0.1) is 4.48 Å². The van der Waals surface area contributed by atoms with Crippen molar-refractivity contribution in [2.75, 3.05) is 0 Å². The minimum atomic E-state index is -0.154. The molecular weight excluding hydrogens is 180 g/mol. The van der Waals surface area contributed by atoms with Crippen LogP contribution in [0.3, 0.4) is 0 Å². The highest BCUT2D eigenvalue weighted by Gasteiger charge is 2.32. The van der Waals surface area contributed by atoms with Gasteiger partial charge in [0.1, 0.15) is 0 Å². The second kappa shape index (κ2) is 1.94. The third kappa shape index (κ3) is 1.08. The molecule has 50 valence electrons. The molecule has 1 nitrogen and oxygen atoms in total. The summed E-state index contributed by atoms with van der Waals surface area (Å²) >= 11 is 3.19. The summed E-state index contributed by atoms with van der Waals surface area (Å²) in [4.78, 5) is 11.1. The zero-order valence-electron chi connectivity index (χ0n) is 5.57. The van der Waals surface area contributed by atoms with Crippen LogP contribution in [0.5, 0.6) is 0 Å². The smallest absolute Gasteiger partial charge is 0.175 e. The van der Waals surface area contributed by atoms with Crippen molar-refractivity contribution in [2.24, 2.45) is 5.41 Å². The van der Waals surface area contributed by atoms with Gasteiger partial charge in [-0.25, -0.2) is 0 Å². The monoisotopic (exact) mass is 188 g/mol. The van der Waals surface area contributed by atoms with Crippen LogP contribution in [0.1, 0.15) is 20.3 Å². The van der Waals surface area contributed by atoms with Gasteiger partial charge in [0, 0.05) is 5.41 Å². The lowest BCUT2D eigenvalue weighted by molar-refractivity contribution is -0.121. The van der Waals surface area contributed by atoms with E-state index in [0.717, 1.165) is 10.9 Å². The fourth-order valence-corrected chi connectivity index (χ4v) is 1.55. The molecule has 0 saturated carbocycles. The van der Waals surface area contributed by atoms with Crippen molar-refractivity contribution in [3.63, 3.8) is 0 Å². The number of halogens is 1.